The van der Waals surface area contributed by atoms with Gasteiger partial charge in [-0.25, -0.2) is 4.98 Å². The summed E-state index contributed by atoms with van der Waals surface area (Å²) in [7, 11) is 0. The Morgan fingerprint density at radius 3 is 1.97 bits per heavy atom. The Bertz CT molecular complexity index is 1140. The van der Waals surface area contributed by atoms with Crippen molar-refractivity contribution in [2.24, 2.45) is 0 Å². The van der Waals surface area contributed by atoms with Crippen LogP contribution in [0.5, 0.6) is 11.5 Å². The highest BCUT2D eigenvalue weighted by molar-refractivity contribution is 5.63. The number of nitrogens with one attached hydrogen (secondary N) is 2. The number of rotatable bonds is 7. The molecule has 1 fully saturated rings. The van der Waals surface area contributed by atoms with E-state index in [2.05, 4.69) is 20.6 Å². The molecule has 2 N–H and O–H groups in total. The van der Waals surface area contributed by atoms with Crippen LogP contribution in [0.1, 0.15) is 58.4 Å². The van der Waals surface area contributed by atoms with Crippen molar-refractivity contribution in [3.8, 4) is 11.5 Å². The second kappa shape index (κ2) is 10.6. The van der Waals surface area contributed by atoms with Gasteiger partial charge in [-0.2, -0.15) is 18.2 Å². The van der Waals surface area contributed by atoms with Crippen LogP contribution in [0.2, 0.25) is 0 Å². The number of alkyl halides is 3. The van der Waals surface area contributed by atoms with E-state index in [0.717, 1.165) is 31.9 Å². The summed E-state index contributed by atoms with van der Waals surface area (Å²) >= 11 is 0. The van der Waals surface area contributed by atoms with E-state index >= 15 is 0 Å². The first-order valence-corrected chi connectivity index (χ1v) is 12.1. The van der Waals surface area contributed by atoms with Crippen LogP contribution in [-0.4, -0.2) is 21.7 Å². The van der Waals surface area contributed by atoms with Crippen molar-refractivity contribution in [3.05, 3.63) is 60.3 Å². The van der Waals surface area contributed by atoms with Gasteiger partial charge in [0.15, 0.2) is 0 Å². The van der Waals surface area contributed by atoms with Crippen LogP contribution in [-0.2, 0) is 6.18 Å². The normalized spacial score (nSPS) is 14.8. The highest BCUT2D eigenvalue weighted by atomic mass is 19.4. The molecule has 36 heavy (non-hydrogen) atoms. The maximum Gasteiger partial charge on any atom is 0.421 e. The van der Waals surface area contributed by atoms with E-state index in [1.54, 1.807) is 48.5 Å². The summed E-state index contributed by atoms with van der Waals surface area (Å²) in [5.74, 6) is 1.08. The monoisotopic (exact) mass is 500 g/mol. The second-order valence-electron chi connectivity index (χ2n) is 9.84. The van der Waals surface area contributed by atoms with Crippen molar-refractivity contribution in [1.82, 2.24) is 9.97 Å². The molecule has 4 rings (SSSR count). The highest BCUT2D eigenvalue weighted by Gasteiger charge is 2.35. The summed E-state index contributed by atoms with van der Waals surface area (Å²) in [6.07, 6.45) is 1.95. The molecular formula is C27H31F3N4O2. The van der Waals surface area contributed by atoms with Crippen molar-refractivity contribution in [3.63, 3.8) is 0 Å². The quantitative estimate of drug-likeness (QED) is 0.344. The smallest absolute Gasteiger partial charge is 0.421 e. The molecule has 0 saturated heterocycles. The molecule has 1 aliphatic carbocycles. The number of benzene rings is 2. The molecule has 1 aliphatic rings. The summed E-state index contributed by atoms with van der Waals surface area (Å²) in [5.41, 5.74) is -0.216. The Kier molecular flexibility index (Phi) is 7.56. The van der Waals surface area contributed by atoms with Crippen molar-refractivity contribution in [1.29, 1.82) is 0 Å². The fourth-order valence-electron chi connectivity index (χ4n) is 3.96. The number of hydrogen-bond acceptors (Lipinski definition) is 6. The summed E-state index contributed by atoms with van der Waals surface area (Å²) < 4.78 is 52.7. The minimum atomic E-state index is -4.61. The summed E-state index contributed by atoms with van der Waals surface area (Å²) in [6, 6.07) is 13.9. The topological polar surface area (TPSA) is 68.3 Å². The molecule has 192 valence electrons. The Morgan fingerprint density at radius 1 is 0.806 bits per heavy atom. The van der Waals surface area contributed by atoms with Gasteiger partial charge in [0.05, 0.1) is 6.10 Å². The van der Waals surface area contributed by atoms with E-state index in [4.69, 9.17) is 9.47 Å². The second-order valence-corrected chi connectivity index (χ2v) is 9.84. The maximum atomic E-state index is 13.6. The van der Waals surface area contributed by atoms with Crippen molar-refractivity contribution < 1.29 is 22.6 Å². The molecule has 1 heterocycles. The van der Waals surface area contributed by atoms with E-state index in [0.29, 0.717) is 22.9 Å². The summed E-state index contributed by atoms with van der Waals surface area (Å²) in [5, 5.41) is 5.73. The zero-order valence-corrected chi connectivity index (χ0v) is 20.7. The van der Waals surface area contributed by atoms with Crippen molar-refractivity contribution in [2.75, 3.05) is 10.6 Å². The first-order chi connectivity index (χ1) is 17.0. The van der Waals surface area contributed by atoms with E-state index in [1.165, 1.54) is 6.42 Å². The molecule has 0 bridgehead atoms. The molecule has 0 aliphatic heterocycles. The zero-order chi connectivity index (χ0) is 25.8. The molecule has 3 aromatic rings. The number of nitrogens with zero attached hydrogens (tertiary/aromatic N) is 2. The highest BCUT2D eigenvalue weighted by Crippen LogP contribution is 2.36. The van der Waals surface area contributed by atoms with Crippen LogP contribution in [0.15, 0.2) is 54.7 Å². The third-order valence-corrected chi connectivity index (χ3v) is 5.60. The summed E-state index contributed by atoms with van der Waals surface area (Å²) in [6.45, 7) is 5.84. The van der Waals surface area contributed by atoms with Gasteiger partial charge in [0, 0.05) is 17.6 Å². The number of anilines is 4. The van der Waals surface area contributed by atoms with E-state index in [1.807, 2.05) is 20.8 Å². The molecule has 0 spiro atoms. The van der Waals surface area contributed by atoms with Crippen LogP contribution in [0.4, 0.5) is 36.3 Å². The van der Waals surface area contributed by atoms with Crippen LogP contribution < -0.4 is 20.1 Å². The lowest BCUT2D eigenvalue weighted by Gasteiger charge is -2.23. The average molecular weight is 501 g/mol. The molecule has 0 amide bonds. The van der Waals surface area contributed by atoms with Gasteiger partial charge in [-0.15, -0.1) is 0 Å². The third kappa shape index (κ3) is 7.26. The van der Waals surface area contributed by atoms with Gasteiger partial charge in [-0.05, 0) is 95.0 Å². The summed E-state index contributed by atoms with van der Waals surface area (Å²) in [4.78, 5) is 7.98. The van der Waals surface area contributed by atoms with Gasteiger partial charge in [0.2, 0.25) is 5.95 Å². The minimum Gasteiger partial charge on any atom is -0.490 e. The van der Waals surface area contributed by atoms with Gasteiger partial charge >= 0.3 is 6.18 Å². The molecule has 0 unspecified atom stereocenters. The number of aromatic nitrogens is 2. The van der Waals surface area contributed by atoms with Gasteiger partial charge in [-0.3, -0.25) is 0 Å². The van der Waals surface area contributed by atoms with Crippen LogP contribution in [0.25, 0.3) is 0 Å². The number of hydrogen-bond donors (Lipinski definition) is 2. The lowest BCUT2D eigenvalue weighted by atomic mass is 9.98. The molecular weight excluding hydrogens is 469 g/mol. The van der Waals surface area contributed by atoms with Gasteiger partial charge < -0.3 is 20.1 Å². The average Bonchev–Trinajstić information content (AvgIpc) is 2.81. The first-order valence-electron chi connectivity index (χ1n) is 12.1. The lowest BCUT2D eigenvalue weighted by Crippen LogP contribution is -2.22. The van der Waals surface area contributed by atoms with E-state index in [-0.39, 0.29) is 23.5 Å². The Morgan fingerprint density at radius 2 is 1.39 bits per heavy atom. The van der Waals surface area contributed by atoms with Crippen LogP contribution >= 0.6 is 0 Å². The zero-order valence-electron chi connectivity index (χ0n) is 20.7. The van der Waals surface area contributed by atoms with Gasteiger partial charge in [0.25, 0.3) is 0 Å². The largest absolute Gasteiger partial charge is 0.490 e. The SMILES string of the molecule is CC(C)(C)Oc1ccc(Nc2ncc(C(F)(F)F)c(Nc3ccc(OC4CCCCC4)cc3)n2)cc1. The van der Waals surface area contributed by atoms with Crippen LogP contribution in [0, 0.1) is 0 Å². The molecule has 6 nitrogen and oxygen atoms in total. The fraction of sp³-hybridized carbons (Fsp3) is 0.407. The predicted octanol–water partition coefficient (Wildman–Crippen LogP) is 7.87. The Balaban J connectivity index is 1.48. The third-order valence-electron chi connectivity index (χ3n) is 5.60. The van der Waals surface area contributed by atoms with Crippen molar-refractivity contribution >= 4 is 23.1 Å². The van der Waals surface area contributed by atoms with Gasteiger partial charge in [0.1, 0.15) is 28.5 Å². The molecule has 2 aromatic carbocycles. The lowest BCUT2D eigenvalue weighted by molar-refractivity contribution is -0.137. The Hall–Kier alpha value is -3.49. The van der Waals surface area contributed by atoms with Crippen molar-refractivity contribution in [2.45, 2.75) is 70.8 Å². The van der Waals surface area contributed by atoms with E-state index in [9.17, 15) is 13.2 Å². The molecule has 1 aromatic heterocycles. The minimum absolute atomic E-state index is 0.0345. The standard InChI is InChI=1S/C27H31F3N4O2/c1-26(2,3)36-22-15-11-19(12-16-22)33-25-31-17-23(27(28,29)30)24(34-25)32-18-9-13-21(14-10-18)35-20-7-5-4-6-8-20/h9-17,20H,4-8H2,1-3H3,(H2,31,32,33,34). The number of ether oxygens (including phenoxy) is 2. The number of halogens is 3. The molecule has 1 saturated carbocycles. The van der Waals surface area contributed by atoms with Crippen LogP contribution in [0.3, 0.4) is 0 Å². The molecule has 9 heteroatoms. The Labute approximate surface area is 209 Å². The maximum absolute atomic E-state index is 13.6. The molecule has 0 radical (unpaired) electrons. The molecule has 0 atom stereocenters. The predicted molar refractivity (Wildman–Crippen MR) is 134 cm³/mol. The van der Waals surface area contributed by atoms with E-state index < -0.39 is 11.7 Å². The van der Waals surface area contributed by atoms with Gasteiger partial charge in [-0.1, -0.05) is 6.42 Å². The fourth-order valence-corrected chi connectivity index (χ4v) is 3.96. The first kappa shape index (κ1) is 25.6.